The molecular weight excluding hydrogens is 357 g/mol. The fourth-order valence-corrected chi connectivity index (χ4v) is 2.74. The fourth-order valence-electron chi connectivity index (χ4n) is 2.74. The van der Waals surface area contributed by atoms with Crippen LogP contribution in [0.25, 0.3) is 0 Å². The minimum absolute atomic E-state index is 0. The average molecular weight is 377 g/mol. The van der Waals surface area contributed by atoms with Crippen molar-refractivity contribution >= 4 is 23.2 Å². The van der Waals surface area contributed by atoms with Crippen LogP contribution in [0.4, 0.5) is 11.4 Å². The molecule has 2 aromatic carbocycles. The minimum Gasteiger partial charge on any atom is -0.378 e. The molecule has 2 aromatic rings. The molecule has 1 fully saturated rings. The third-order valence-electron chi connectivity index (χ3n) is 3.93. The minimum atomic E-state index is -0.229. The summed E-state index contributed by atoms with van der Waals surface area (Å²) < 4.78 is 0. The van der Waals surface area contributed by atoms with Crippen molar-refractivity contribution in [3.63, 3.8) is 0 Å². The van der Waals surface area contributed by atoms with Crippen LogP contribution in [0.5, 0.6) is 0 Å². The first-order valence-corrected chi connectivity index (χ1v) is 8.10. The summed E-state index contributed by atoms with van der Waals surface area (Å²) in [6.07, 6.45) is 2.30. The number of rotatable bonds is 5. The Morgan fingerprint density at radius 3 is 2.44 bits per heavy atom. The van der Waals surface area contributed by atoms with Gasteiger partial charge in [-0.3, -0.25) is 14.5 Å². The van der Waals surface area contributed by atoms with Crippen molar-refractivity contribution in [1.29, 1.82) is 0 Å². The molecule has 1 aliphatic rings. The van der Waals surface area contributed by atoms with Gasteiger partial charge >= 0.3 is 0 Å². The predicted molar refractivity (Wildman–Crippen MR) is 94.0 cm³/mol. The maximum atomic E-state index is 12.3. The number of hydrogen-bond acceptors (Lipinski definition) is 3. The summed E-state index contributed by atoms with van der Waals surface area (Å²) in [4.78, 5) is 26.5. The zero-order chi connectivity index (χ0) is 16.8. The number of anilines is 2. The van der Waals surface area contributed by atoms with Crippen LogP contribution in [0.1, 0.15) is 23.2 Å². The van der Waals surface area contributed by atoms with Crippen LogP contribution in [-0.4, -0.2) is 36.3 Å². The normalized spacial score (nSPS) is 13.8. The van der Waals surface area contributed by atoms with Gasteiger partial charge in [0.2, 0.25) is 5.91 Å². The Balaban J connectivity index is 0.00000225. The molecule has 3 rings (SSSR count). The molecule has 2 N–H and O–H groups in total. The van der Waals surface area contributed by atoms with E-state index in [1.807, 2.05) is 30.3 Å². The molecule has 6 heteroatoms. The Morgan fingerprint density at radius 2 is 1.72 bits per heavy atom. The number of carbonyl (C=O) groups excluding carboxylic acids is 2. The molecule has 0 atom stereocenters. The number of carbonyl (C=O) groups is 2. The van der Waals surface area contributed by atoms with E-state index in [9.17, 15) is 9.59 Å². The zero-order valence-corrected chi connectivity index (χ0v) is 15.0. The summed E-state index contributed by atoms with van der Waals surface area (Å²) in [7, 11) is 0. The number of amides is 2. The summed E-state index contributed by atoms with van der Waals surface area (Å²) in [5.74, 6) is -0.293. The van der Waals surface area contributed by atoms with Gasteiger partial charge in [-0.05, 0) is 38.1 Å². The number of likely N-dealkylation sites (tertiary alicyclic amines) is 1. The summed E-state index contributed by atoms with van der Waals surface area (Å²) in [5, 5.41) is 5.65. The van der Waals surface area contributed by atoms with Crippen molar-refractivity contribution in [3.8, 4) is 0 Å². The van der Waals surface area contributed by atoms with Crippen molar-refractivity contribution in [1.82, 2.24) is 4.90 Å². The van der Waals surface area contributed by atoms with Gasteiger partial charge in [0.1, 0.15) is 0 Å². The second-order valence-electron chi connectivity index (χ2n) is 5.86. The predicted octanol–water partition coefficient (Wildman–Crippen LogP) is 2.77. The molecule has 1 saturated heterocycles. The van der Waals surface area contributed by atoms with Gasteiger partial charge in [-0.2, -0.15) is 18.2 Å². The van der Waals surface area contributed by atoms with E-state index in [2.05, 4.69) is 21.6 Å². The SMILES string of the molecule is O=C(CN1CCCC1)Nc1c[c-]cc(C(=O)Nc2ccccc2)c1.[Mn]. The maximum Gasteiger partial charge on any atom is 0.227 e. The summed E-state index contributed by atoms with van der Waals surface area (Å²) in [6.45, 7) is 2.33. The molecule has 2 amide bonds. The molecular formula is C19H20MnN3O2-. The van der Waals surface area contributed by atoms with E-state index in [4.69, 9.17) is 0 Å². The third-order valence-corrected chi connectivity index (χ3v) is 3.93. The van der Waals surface area contributed by atoms with Gasteiger partial charge in [-0.15, -0.1) is 6.07 Å². The summed E-state index contributed by atoms with van der Waals surface area (Å²) >= 11 is 0. The standard InChI is InChI=1S/C19H20N3O2.Mn/c23-18(14-22-11-4-5-12-22)20-17-10-6-7-15(13-17)19(24)21-16-8-2-1-3-9-16;/h1-3,7-10,13H,4-5,11-12,14H2,(H,20,23)(H,21,24);/q-1;. The Morgan fingerprint density at radius 1 is 1.00 bits per heavy atom. The first kappa shape index (κ1) is 19.2. The summed E-state index contributed by atoms with van der Waals surface area (Å²) in [6, 6.07) is 17.1. The monoisotopic (exact) mass is 377 g/mol. The Hall–Kier alpha value is -2.14. The molecule has 0 aliphatic carbocycles. The van der Waals surface area contributed by atoms with Crippen molar-refractivity contribution in [2.24, 2.45) is 0 Å². The third kappa shape index (κ3) is 5.71. The zero-order valence-electron chi connectivity index (χ0n) is 13.8. The van der Waals surface area contributed by atoms with Gasteiger partial charge in [0.15, 0.2) is 5.91 Å². The fraction of sp³-hybridized carbons (Fsp3) is 0.263. The maximum absolute atomic E-state index is 12.3. The van der Waals surface area contributed by atoms with E-state index in [0.717, 1.165) is 31.6 Å². The van der Waals surface area contributed by atoms with Gasteiger partial charge in [0, 0.05) is 22.8 Å². The van der Waals surface area contributed by atoms with E-state index >= 15 is 0 Å². The van der Waals surface area contributed by atoms with Gasteiger partial charge < -0.3 is 10.6 Å². The van der Waals surface area contributed by atoms with E-state index in [0.29, 0.717) is 17.8 Å². The van der Waals surface area contributed by atoms with Crippen LogP contribution in [0.15, 0.2) is 48.5 Å². The molecule has 131 valence electrons. The topological polar surface area (TPSA) is 61.4 Å². The van der Waals surface area contributed by atoms with Crippen LogP contribution in [0.2, 0.25) is 0 Å². The quantitative estimate of drug-likeness (QED) is 0.622. The van der Waals surface area contributed by atoms with Crippen molar-refractivity contribution < 1.29 is 26.7 Å². The first-order valence-electron chi connectivity index (χ1n) is 8.10. The second-order valence-corrected chi connectivity index (χ2v) is 5.86. The number of nitrogens with one attached hydrogen (secondary N) is 2. The molecule has 1 heterocycles. The van der Waals surface area contributed by atoms with Crippen molar-refractivity contribution in [2.75, 3.05) is 30.3 Å². The first-order chi connectivity index (χ1) is 11.7. The second kappa shape index (κ2) is 9.37. The average Bonchev–Trinajstić information content (AvgIpc) is 3.09. The van der Waals surface area contributed by atoms with E-state index in [-0.39, 0.29) is 28.9 Å². The number of hydrogen-bond donors (Lipinski definition) is 2. The van der Waals surface area contributed by atoms with Crippen LogP contribution >= 0.6 is 0 Å². The van der Waals surface area contributed by atoms with Gasteiger partial charge in [0.25, 0.3) is 0 Å². The van der Waals surface area contributed by atoms with E-state index in [1.54, 1.807) is 18.2 Å². The molecule has 1 radical (unpaired) electrons. The largest absolute Gasteiger partial charge is 0.378 e. The summed E-state index contributed by atoms with van der Waals surface area (Å²) in [5.41, 5.74) is 1.77. The van der Waals surface area contributed by atoms with E-state index in [1.165, 1.54) is 0 Å². The molecule has 5 nitrogen and oxygen atoms in total. The Bertz CT molecular complexity index is 716. The Labute approximate surface area is 158 Å². The molecule has 0 spiro atoms. The molecule has 0 saturated carbocycles. The number of benzene rings is 2. The Kier molecular flexibility index (Phi) is 7.19. The van der Waals surface area contributed by atoms with Crippen molar-refractivity contribution in [2.45, 2.75) is 12.8 Å². The molecule has 0 unspecified atom stereocenters. The van der Waals surface area contributed by atoms with Gasteiger partial charge in [0.05, 0.1) is 6.54 Å². The van der Waals surface area contributed by atoms with Gasteiger partial charge in [-0.1, -0.05) is 29.4 Å². The van der Waals surface area contributed by atoms with E-state index < -0.39 is 0 Å². The van der Waals surface area contributed by atoms with Gasteiger partial charge in [-0.25, -0.2) is 0 Å². The number of para-hydroxylation sites is 1. The number of nitrogens with zero attached hydrogens (tertiary/aromatic N) is 1. The molecule has 0 bridgehead atoms. The van der Waals surface area contributed by atoms with Crippen LogP contribution < -0.4 is 10.6 Å². The van der Waals surface area contributed by atoms with Crippen LogP contribution in [-0.2, 0) is 21.9 Å². The van der Waals surface area contributed by atoms with Crippen LogP contribution in [0.3, 0.4) is 0 Å². The molecule has 1 aliphatic heterocycles. The molecule has 25 heavy (non-hydrogen) atoms. The van der Waals surface area contributed by atoms with Crippen LogP contribution in [0, 0.1) is 6.07 Å². The van der Waals surface area contributed by atoms with Crippen molar-refractivity contribution in [3.05, 3.63) is 60.2 Å². The smallest absolute Gasteiger partial charge is 0.227 e. The molecule has 0 aromatic heterocycles.